The zero-order valence-electron chi connectivity index (χ0n) is 89.8. The first kappa shape index (κ1) is 95.8. The van der Waals surface area contributed by atoms with Crippen molar-refractivity contribution >= 4 is 101 Å². The molecule has 0 aliphatic carbocycles. The fourth-order valence-corrected chi connectivity index (χ4v) is 21.3. The number of aromatic nitrogens is 2. The molecule has 0 spiro atoms. The topological polar surface area (TPSA) is 16.3 Å². The van der Waals surface area contributed by atoms with E-state index in [0.29, 0.717) is 0 Å². The van der Waals surface area contributed by atoms with E-state index >= 15 is 0 Å². The summed E-state index contributed by atoms with van der Waals surface area (Å²) in [5, 5.41) is 5.07. The Bertz CT molecular complexity index is 6630. The predicted molar refractivity (Wildman–Crippen MR) is 594 cm³/mol. The third kappa shape index (κ3) is 17.3. The average molecular weight is 1780 g/mol. The van der Waals surface area contributed by atoms with Crippen molar-refractivity contribution in [3.63, 3.8) is 0 Å². The van der Waals surface area contributed by atoms with Gasteiger partial charge < -0.3 is 18.9 Å². The predicted octanol–water partition coefficient (Wildman–Crippen LogP) is 35.5. The fraction of sp³-hybridized carbons (Fsp3) is 0.400. The molecule has 2 aliphatic heterocycles. The molecule has 0 fully saturated rings. The van der Waals surface area contributed by atoms with Gasteiger partial charge in [0.25, 0.3) is 6.71 Å². The molecule has 0 unspecified atom stereocenters. The van der Waals surface area contributed by atoms with Gasteiger partial charge in [0.2, 0.25) is 0 Å². The van der Waals surface area contributed by atoms with Gasteiger partial charge in [-0.15, -0.1) is 0 Å². The van der Waals surface area contributed by atoms with Gasteiger partial charge in [-0.2, -0.15) is 0 Å². The van der Waals surface area contributed by atoms with E-state index in [0.717, 1.165) is 45.3 Å². The molecule has 0 N–H and O–H groups in total. The van der Waals surface area contributed by atoms with Crippen molar-refractivity contribution in [2.75, 3.05) is 9.80 Å². The van der Waals surface area contributed by atoms with Crippen molar-refractivity contribution < 1.29 is 0 Å². The zero-order valence-corrected chi connectivity index (χ0v) is 89.8. The van der Waals surface area contributed by atoms with Crippen LogP contribution >= 0.6 is 0 Å². The second-order valence-electron chi connectivity index (χ2n) is 53.9. The van der Waals surface area contributed by atoms with Crippen LogP contribution < -0.4 is 26.2 Å². The van der Waals surface area contributed by atoms with E-state index in [1.165, 1.54) is 177 Å². The van der Waals surface area contributed by atoms with Crippen LogP contribution in [0, 0.1) is 0 Å². The first-order chi connectivity index (χ1) is 62.1. The molecule has 15 aromatic rings. The monoisotopic (exact) mass is 1780 g/mol. The molecule has 698 valence electrons. The summed E-state index contributed by atoms with van der Waals surface area (Å²) in [5.74, 6) is 0. The van der Waals surface area contributed by atoms with Crippen molar-refractivity contribution in [3.05, 3.63) is 303 Å². The van der Waals surface area contributed by atoms with Crippen LogP contribution in [0.25, 0.3) is 99.5 Å². The minimum atomic E-state index is -0.388. The Hall–Kier alpha value is -10.9. The SMILES string of the molecule is CC(C)(C)c1ccc(-c2ccc(-c3c(C(C)(C)C)cc(C(C)(C)C)cc3C(C)(C)C)cc2N2c3cc(-n4c5ccc(C(C)(C)C)cc5c5cc(C(C)(C)C)ccc54)ccc3B3c4ccc(-n5c6ccc(C(C)(C)C)cc6c6cc(C(C)(C)C)ccc65)cc4N(c4cc(-c5c(C(C)(C)C)cc(C(C)(C)C)cc5C(C)(C)C)ccc4-c4ccc(C(C)(C)C)cc4)c4cc(C(C)(C)C)cc2c43)cc1. The van der Waals surface area contributed by atoms with Gasteiger partial charge in [0.05, 0.1) is 33.4 Å². The Balaban J connectivity index is 1.09. The van der Waals surface area contributed by atoms with E-state index in [2.05, 4.69) is 519 Å². The summed E-state index contributed by atoms with van der Waals surface area (Å²) in [4.78, 5) is 5.61. The Labute approximate surface area is 813 Å². The lowest BCUT2D eigenvalue weighted by atomic mass is 9.33. The van der Waals surface area contributed by atoms with E-state index in [4.69, 9.17) is 0 Å². The molecule has 0 saturated carbocycles. The third-order valence-electron chi connectivity index (χ3n) is 29.8. The Morgan fingerprint density at radius 1 is 0.178 bits per heavy atom. The number of benzene rings is 13. The van der Waals surface area contributed by atoms with Gasteiger partial charge in [0, 0.05) is 66.8 Å². The minimum absolute atomic E-state index is 0.0785. The molecule has 4 nitrogen and oxygen atoms in total. The first-order valence-electron chi connectivity index (χ1n) is 50.3. The van der Waals surface area contributed by atoms with Gasteiger partial charge in [-0.25, -0.2) is 0 Å². The molecule has 0 amide bonds. The molecular formula is C130H155BN4. The summed E-state index contributed by atoms with van der Waals surface area (Å²) < 4.78 is 5.22. The van der Waals surface area contributed by atoms with Crippen LogP contribution in [0.5, 0.6) is 0 Å². The molecule has 4 heterocycles. The third-order valence-corrected chi connectivity index (χ3v) is 29.8. The van der Waals surface area contributed by atoms with Gasteiger partial charge in [0.15, 0.2) is 0 Å². The number of fused-ring (bicyclic) bond motifs is 10. The van der Waals surface area contributed by atoms with Crippen molar-refractivity contribution in [3.8, 4) is 55.9 Å². The Morgan fingerprint density at radius 3 is 0.659 bits per heavy atom. The van der Waals surface area contributed by atoms with Gasteiger partial charge >= 0.3 is 0 Å². The summed E-state index contributed by atoms with van der Waals surface area (Å²) in [6, 6.07) is 94.9. The lowest BCUT2D eigenvalue weighted by molar-refractivity contribution is 0.550. The second kappa shape index (κ2) is 31.8. The summed E-state index contributed by atoms with van der Waals surface area (Å²) in [7, 11) is 0. The van der Waals surface area contributed by atoms with Gasteiger partial charge in [0.1, 0.15) is 0 Å². The normalized spacial score (nSPS) is 14.1. The van der Waals surface area contributed by atoms with Gasteiger partial charge in [-0.1, -0.05) is 403 Å². The number of hydrogen-bond acceptors (Lipinski definition) is 2. The number of anilines is 6. The molecule has 13 aromatic carbocycles. The maximum absolute atomic E-state index is 2.80. The maximum Gasteiger partial charge on any atom is 0.252 e. The van der Waals surface area contributed by atoms with Crippen LogP contribution in [0.1, 0.15) is 342 Å². The Kier molecular flexibility index (Phi) is 22.6. The van der Waals surface area contributed by atoms with E-state index < -0.39 is 0 Å². The van der Waals surface area contributed by atoms with Gasteiger partial charge in [-0.3, -0.25) is 0 Å². The number of hydrogen-bond donors (Lipinski definition) is 0. The molecule has 0 bridgehead atoms. The van der Waals surface area contributed by atoms with Gasteiger partial charge in [-0.05, 0) is 290 Å². The lowest BCUT2D eigenvalue weighted by Crippen LogP contribution is -2.61. The fourth-order valence-electron chi connectivity index (χ4n) is 21.3. The van der Waals surface area contributed by atoms with Crippen LogP contribution in [-0.2, 0) is 70.4 Å². The van der Waals surface area contributed by atoms with E-state index in [1.54, 1.807) is 0 Å². The zero-order chi connectivity index (χ0) is 98.4. The lowest BCUT2D eigenvalue weighted by Gasteiger charge is -2.46. The van der Waals surface area contributed by atoms with Crippen molar-refractivity contribution in [2.24, 2.45) is 0 Å². The van der Waals surface area contributed by atoms with E-state index in [-0.39, 0.29) is 77.1 Å². The standard InChI is InChI=1S/C130H155BN4/c1-118(2,3)82-46-40-78(41-47-82)93-56-44-80(115-99(127(28,29)30)70-88(124(19,20)21)71-100(115)128(31,32)33)64-109(93)134-111-76-91(132-105-60-50-84(120(7,8)9)66-95(105)96-67-85(121(10,11)12)51-61-106(96)132)54-58-103(111)131-104-59-55-92(133-107-62-52-86(122(13,14)15)68-97(107)98-69-87(123(16,17)18)53-63-108(98)133)77-112(104)135(114-75-90(126(25,26)27)74-113(134)117(114)131)110-65-81(45-57-94(110)79-42-48-83(49-43-79)119(4,5)6)116-101(129(34,35)36)72-89(125(22,23)24)73-102(116)130(37,38)39/h40-77H,1-39H3. The first-order valence-corrected chi connectivity index (χ1v) is 50.3. The molecular weight excluding hydrogens is 1630 g/mol. The summed E-state index contributed by atoms with van der Waals surface area (Å²) in [5.41, 5.74) is 42.5. The maximum atomic E-state index is 2.80. The Morgan fingerprint density at radius 2 is 0.415 bits per heavy atom. The summed E-state index contributed by atoms with van der Waals surface area (Å²) >= 11 is 0. The molecule has 0 radical (unpaired) electrons. The van der Waals surface area contributed by atoms with Crippen LogP contribution in [0.2, 0.25) is 0 Å². The van der Waals surface area contributed by atoms with Crippen LogP contribution in [0.15, 0.2) is 231 Å². The van der Waals surface area contributed by atoms with Crippen LogP contribution in [0.3, 0.4) is 0 Å². The summed E-state index contributed by atoms with van der Waals surface area (Å²) in [6.07, 6.45) is 0. The highest BCUT2D eigenvalue weighted by atomic mass is 15.2. The van der Waals surface area contributed by atoms with Crippen molar-refractivity contribution in [1.29, 1.82) is 0 Å². The average Bonchev–Trinajstić information content (AvgIpc) is 1.25. The quantitative estimate of drug-likeness (QED) is 0.141. The van der Waals surface area contributed by atoms with E-state index in [9.17, 15) is 0 Å². The highest BCUT2D eigenvalue weighted by molar-refractivity contribution is 7.00. The van der Waals surface area contributed by atoms with E-state index in [1.807, 2.05) is 0 Å². The number of nitrogens with zero attached hydrogens (tertiary/aromatic N) is 4. The van der Waals surface area contributed by atoms with Crippen molar-refractivity contribution in [1.82, 2.24) is 9.13 Å². The second-order valence-corrected chi connectivity index (χ2v) is 53.9. The van der Waals surface area contributed by atoms with Crippen molar-refractivity contribution in [2.45, 2.75) is 340 Å². The highest BCUT2D eigenvalue weighted by Crippen LogP contribution is 2.56. The molecule has 0 saturated heterocycles. The highest BCUT2D eigenvalue weighted by Gasteiger charge is 2.47. The molecule has 2 aliphatic rings. The minimum Gasteiger partial charge on any atom is -0.311 e. The molecule has 0 atom stereocenters. The molecule has 5 heteroatoms. The molecule has 2 aromatic heterocycles. The summed E-state index contributed by atoms with van der Waals surface area (Å²) in [6.45, 7) is 93.0. The molecule has 135 heavy (non-hydrogen) atoms. The van der Waals surface area contributed by atoms with Crippen LogP contribution in [-0.4, -0.2) is 15.8 Å². The van der Waals surface area contributed by atoms with Crippen LogP contribution in [0.4, 0.5) is 34.1 Å². The number of rotatable bonds is 8. The molecule has 17 rings (SSSR count). The largest absolute Gasteiger partial charge is 0.311 e. The smallest absolute Gasteiger partial charge is 0.252 e.